The first-order valence-corrected chi connectivity index (χ1v) is 5.08. The number of hydrogen-bond acceptors (Lipinski definition) is 1. The molecule has 0 N–H and O–H groups in total. The third kappa shape index (κ3) is 3.02. The maximum Gasteiger partial charge on any atom is 0.0810 e. The molecule has 1 aliphatic rings. The number of rotatable bonds is 4. The van der Waals surface area contributed by atoms with Crippen molar-refractivity contribution in [1.82, 2.24) is 0 Å². The summed E-state index contributed by atoms with van der Waals surface area (Å²) in [5.41, 5.74) is 1.33. The molecule has 0 aromatic heterocycles. The van der Waals surface area contributed by atoms with E-state index in [1.807, 2.05) is 18.2 Å². The number of aryl methyl sites for hydroxylation is 1. The molecule has 2 rings (SSSR count). The van der Waals surface area contributed by atoms with Gasteiger partial charge in [0.25, 0.3) is 0 Å². The molecule has 0 radical (unpaired) electrons. The zero-order chi connectivity index (χ0) is 9.10. The topological polar surface area (TPSA) is 12.5 Å². The van der Waals surface area contributed by atoms with Crippen molar-refractivity contribution in [3.63, 3.8) is 0 Å². The first-order valence-electron chi connectivity index (χ1n) is 4.70. The summed E-state index contributed by atoms with van der Waals surface area (Å²) < 4.78 is 5.14. The van der Waals surface area contributed by atoms with Crippen molar-refractivity contribution in [2.75, 3.05) is 6.61 Å². The summed E-state index contributed by atoms with van der Waals surface area (Å²) in [4.78, 5) is 0. The fourth-order valence-electron chi connectivity index (χ4n) is 1.46. The lowest BCUT2D eigenvalue weighted by atomic mass is 10.1. The Morgan fingerprint density at radius 2 is 2.31 bits per heavy atom. The SMILES string of the molecule is Clc1cccc(CCCC2CO2)c1. The lowest BCUT2D eigenvalue weighted by Crippen LogP contribution is -1.89. The van der Waals surface area contributed by atoms with Gasteiger partial charge in [0.05, 0.1) is 12.7 Å². The van der Waals surface area contributed by atoms with Gasteiger partial charge in [0.1, 0.15) is 0 Å². The molecule has 0 aliphatic carbocycles. The van der Waals surface area contributed by atoms with E-state index >= 15 is 0 Å². The van der Waals surface area contributed by atoms with E-state index in [4.69, 9.17) is 16.3 Å². The predicted octanol–water partition coefficient (Wildman–Crippen LogP) is 3.06. The van der Waals surface area contributed by atoms with Crippen molar-refractivity contribution in [3.05, 3.63) is 34.9 Å². The Morgan fingerprint density at radius 1 is 1.46 bits per heavy atom. The second-order valence-corrected chi connectivity index (χ2v) is 3.91. The highest BCUT2D eigenvalue weighted by Crippen LogP contribution is 2.18. The van der Waals surface area contributed by atoms with Crippen LogP contribution in [0.1, 0.15) is 18.4 Å². The number of ether oxygens (including phenoxy) is 1. The fourth-order valence-corrected chi connectivity index (χ4v) is 1.67. The molecule has 1 atom stereocenters. The molecule has 2 heteroatoms. The molecule has 13 heavy (non-hydrogen) atoms. The highest BCUT2D eigenvalue weighted by molar-refractivity contribution is 6.30. The minimum atomic E-state index is 0.555. The molecule has 1 saturated heterocycles. The van der Waals surface area contributed by atoms with Crippen LogP contribution in [0.2, 0.25) is 5.02 Å². The lowest BCUT2D eigenvalue weighted by molar-refractivity contribution is 0.392. The van der Waals surface area contributed by atoms with Gasteiger partial charge in [-0.3, -0.25) is 0 Å². The van der Waals surface area contributed by atoms with Gasteiger partial charge in [0.15, 0.2) is 0 Å². The van der Waals surface area contributed by atoms with Crippen molar-refractivity contribution in [2.24, 2.45) is 0 Å². The summed E-state index contributed by atoms with van der Waals surface area (Å²) in [6.07, 6.45) is 4.05. The molecule has 1 nitrogen and oxygen atoms in total. The largest absolute Gasteiger partial charge is 0.373 e. The van der Waals surface area contributed by atoms with Gasteiger partial charge in [-0.15, -0.1) is 0 Å². The smallest absolute Gasteiger partial charge is 0.0810 e. The molecular weight excluding hydrogens is 184 g/mol. The average Bonchev–Trinajstić information content (AvgIpc) is 2.88. The van der Waals surface area contributed by atoms with Crippen LogP contribution >= 0.6 is 11.6 Å². The number of hydrogen-bond donors (Lipinski definition) is 0. The van der Waals surface area contributed by atoms with Crippen molar-refractivity contribution < 1.29 is 4.74 Å². The van der Waals surface area contributed by atoms with E-state index in [9.17, 15) is 0 Å². The molecule has 1 aliphatic heterocycles. The minimum Gasteiger partial charge on any atom is -0.373 e. The van der Waals surface area contributed by atoms with Crippen LogP contribution in [0, 0.1) is 0 Å². The van der Waals surface area contributed by atoms with Crippen LogP contribution in [0.3, 0.4) is 0 Å². The van der Waals surface area contributed by atoms with Crippen LogP contribution in [0.25, 0.3) is 0 Å². The normalized spacial score (nSPS) is 20.2. The molecule has 0 saturated carbocycles. The summed E-state index contributed by atoms with van der Waals surface area (Å²) >= 11 is 5.87. The zero-order valence-corrected chi connectivity index (χ0v) is 8.26. The third-order valence-electron chi connectivity index (χ3n) is 2.28. The minimum absolute atomic E-state index is 0.555. The molecule has 1 heterocycles. The van der Waals surface area contributed by atoms with Crippen LogP contribution in [-0.4, -0.2) is 12.7 Å². The summed E-state index contributed by atoms with van der Waals surface area (Å²) in [6, 6.07) is 8.08. The Hall–Kier alpha value is -0.530. The Morgan fingerprint density at radius 3 is 3.00 bits per heavy atom. The number of epoxide rings is 1. The summed E-state index contributed by atoms with van der Waals surface area (Å²) in [5.74, 6) is 0. The first kappa shape index (κ1) is 9.04. The van der Waals surface area contributed by atoms with Crippen LogP contribution in [-0.2, 0) is 11.2 Å². The predicted molar refractivity (Wildman–Crippen MR) is 54.1 cm³/mol. The van der Waals surface area contributed by atoms with Crippen LogP contribution in [0.5, 0.6) is 0 Å². The van der Waals surface area contributed by atoms with Crippen molar-refractivity contribution in [3.8, 4) is 0 Å². The lowest BCUT2D eigenvalue weighted by Gasteiger charge is -2.00. The standard InChI is InChI=1S/C11H13ClO/c12-10-5-1-3-9(7-10)4-2-6-11-8-13-11/h1,3,5,7,11H,2,4,6,8H2. The summed E-state index contributed by atoms with van der Waals surface area (Å²) in [5, 5.41) is 0.833. The molecule has 0 bridgehead atoms. The molecule has 0 spiro atoms. The van der Waals surface area contributed by atoms with Crippen molar-refractivity contribution in [1.29, 1.82) is 0 Å². The van der Waals surface area contributed by atoms with E-state index in [1.54, 1.807) is 0 Å². The summed E-state index contributed by atoms with van der Waals surface area (Å²) in [6.45, 7) is 0.968. The fraction of sp³-hybridized carbons (Fsp3) is 0.455. The van der Waals surface area contributed by atoms with Crippen LogP contribution < -0.4 is 0 Å². The third-order valence-corrected chi connectivity index (χ3v) is 2.52. The number of benzene rings is 1. The zero-order valence-electron chi connectivity index (χ0n) is 7.50. The van der Waals surface area contributed by atoms with Gasteiger partial charge >= 0.3 is 0 Å². The van der Waals surface area contributed by atoms with Gasteiger partial charge in [-0.1, -0.05) is 23.7 Å². The quantitative estimate of drug-likeness (QED) is 0.675. The molecule has 1 fully saturated rings. The van der Waals surface area contributed by atoms with E-state index in [1.165, 1.54) is 18.4 Å². The Bertz CT molecular complexity index is 281. The molecule has 1 aromatic rings. The van der Waals surface area contributed by atoms with E-state index in [0.717, 1.165) is 18.1 Å². The molecule has 0 amide bonds. The molecule has 70 valence electrons. The van der Waals surface area contributed by atoms with Crippen LogP contribution in [0.15, 0.2) is 24.3 Å². The average molecular weight is 197 g/mol. The molecule has 1 aromatic carbocycles. The van der Waals surface area contributed by atoms with Gasteiger partial charge in [0.2, 0.25) is 0 Å². The molecular formula is C11H13ClO. The van der Waals surface area contributed by atoms with Crippen molar-refractivity contribution in [2.45, 2.75) is 25.4 Å². The highest BCUT2D eigenvalue weighted by atomic mass is 35.5. The van der Waals surface area contributed by atoms with Crippen LogP contribution in [0.4, 0.5) is 0 Å². The van der Waals surface area contributed by atoms with E-state index in [-0.39, 0.29) is 0 Å². The maximum atomic E-state index is 5.87. The van der Waals surface area contributed by atoms with Gasteiger partial charge < -0.3 is 4.74 Å². The van der Waals surface area contributed by atoms with E-state index < -0.39 is 0 Å². The maximum absolute atomic E-state index is 5.87. The Balaban J connectivity index is 1.79. The number of halogens is 1. The van der Waals surface area contributed by atoms with E-state index in [0.29, 0.717) is 6.10 Å². The van der Waals surface area contributed by atoms with Gasteiger partial charge in [0, 0.05) is 5.02 Å². The van der Waals surface area contributed by atoms with Crippen molar-refractivity contribution >= 4 is 11.6 Å². The first-order chi connectivity index (χ1) is 6.34. The monoisotopic (exact) mass is 196 g/mol. The Kier molecular flexibility index (Phi) is 2.87. The Labute approximate surface area is 83.7 Å². The summed E-state index contributed by atoms with van der Waals surface area (Å²) in [7, 11) is 0. The van der Waals surface area contributed by atoms with E-state index in [2.05, 4.69) is 6.07 Å². The molecule has 1 unspecified atom stereocenters. The highest BCUT2D eigenvalue weighted by Gasteiger charge is 2.20. The second kappa shape index (κ2) is 4.12. The van der Waals surface area contributed by atoms with Gasteiger partial charge in [-0.05, 0) is 37.0 Å². The van der Waals surface area contributed by atoms with Gasteiger partial charge in [-0.25, -0.2) is 0 Å². The van der Waals surface area contributed by atoms with Gasteiger partial charge in [-0.2, -0.15) is 0 Å². The second-order valence-electron chi connectivity index (χ2n) is 3.48.